The minimum Gasteiger partial charge on any atom is -0.463 e. The fourth-order valence-corrected chi connectivity index (χ4v) is 6.38. The molecule has 0 radical (unpaired) electrons. The third-order valence-corrected chi connectivity index (χ3v) is 10.3. The van der Waals surface area contributed by atoms with Crippen molar-refractivity contribution in [2.24, 2.45) is 0 Å². The highest BCUT2D eigenvalue weighted by atomic mass is 28.4. The van der Waals surface area contributed by atoms with E-state index in [4.69, 9.17) is 31.6 Å². The van der Waals surface area contributed by atoms with Crippen LogP contribution < -0.4 is 0 Å². The van der Waals surface area contributed by atoms with Crippen molar-refractivity contribution < 1.29 is 41.2 Å². The van der Waals surface area contributed by atoms with Crippen LogP contribution in [-0.2, 0) is 41.2 Å². The fourth-order valence-electron chi connectivity index (χ4n) is 2.43. The van der Waals surface area contributed by atoms with Crippen molar-refractivity contribution in [2.75, 3.05) is 47.3 Å². The molecule has 9 nitrogen and oxygen atoms in total. The summed E-state index contributed by atoms with van der Waals surface area (Å²) in [5, 5.41) is 0. The predicted molar refractivity (Wildman–Crippen MR) is 127 cm³/mol. The second kappa shape index (κ2) is 20.3. The van der Waals surface area contributed by atoms with E-state index in [1.54, 1.807) is 14.2 Å². The summed E-state index contributed by atoms with van der Waals surface area (Å²) in [7, 11) is -1.30. The molecule has 0 aliphatic carbocycles. The molecule has 0 aliphatic rings. The normalized spacial score (nSPS) is 11.2. The molecular formula is C21H42O9Si2. The lowest BCUT2D eigenvalue weighted by Crippen LogP contribution is -2.46. The molecule has 0 saturated carbocycles. The Balaban J connectivity index is 0. The van der Waals surface area contributed by atoms with Gasteiger partial charge in [-0.05, 0) is 46.2 Å². The molecule has 0 unspecified atom stereocenters. The maximum absolute atomic E-state index is 10.9. The van der Waals surface area contributed by atoms with Gasteiger partial charge in [0.2, 0.25) is 0 Å². The van der Waals surface area contributed by atoms with Crippen molar-refractivity contribution in [3.63, 3.8) is 0 Å². The summed E-state index contributed by atoms with van der Waals surface area (Å²) in [5.74, 6) is -0.797. The average molecular weight is 495 g/mol. The molecule has 0 amide bonds. The number of carbonyl (C=O) groups is 2. The summed E-state index contributed by atoms with van der Waals surface area (Å²) < 4.78 is 37.3. The summed E-state index contributed by atoms with van der Waals surface area (Å²) in [6, 6.07) is 1.46. The molecule has 0 atom stereocenters. The van der Waals surface area contributed by atoms with Gasteiger partial charge in [0.15, 0.2) is 0 Å². The second-order valence-corrected chi connectivity index (χ2v) is 12.8. The van der Waals surface area contributed by atoms with Gasteiger partial charge in [-0.1, -0.05) is 13.2 Å². The molecule has 188 valence electrons. The molecule has 0 aromatic rings. The van der Waals surface area contributed by atoms with Gasteiger partial charge in [0.1, 0.15) is 0 Å². The van der Waals surface area contributed by atoms with Gasteiger partial charge in [-0.2, -0.15) is 0 Å². The van der Waals surface area contributed by atoms with Crippen LogP contribution >= 0.6 is 0 Å². The molecule has 0 aromatic carbocycles. The van der Waals surface area contributed by atoms with Crippen molar-refractivity contribution in [1.82, 2.24) is 0 Å². The van der Waals surface area contributed by atoms with Gasteiger partial charge in [0.25, 0.3) is 0 Å². The maximum Gasteiger partial charge on any atom is 0.501 e. The highest BCUT2D eigenvalue weighted by molar-refractivity contribution is 6.65. The molecule has 0 heterocycles. The van der Waals surface area contributed by atoms with E-state index in [0.717, 1.165) is 24.6 Å². The third kappa shape index (κ3) is 16.3. The number of rotatable bonds is 18. The molecule has 0 saturated heterocycles. The lowest BCUT2D eigenvalue weighted by atomic mass is 10.5. The van der Waals surface area contributed by atoms with Crippen LogP contribution in [0.1, 0.15) is 33.6 Å². The first-order valence-electron chi connectivity index (χ1n) is 10.8. The SMILES string of the molecule is C=CC(=O)OCCC[Si](C)(OC)OC.C=CC(=O)OCCC[Si](OCC)(OCC)OCC. The van der Waals surface area contributed by atoms with E-state index in [-0.39, 0.29) is 5.97 Å². The van der Waals surface area contributed by atoms with Crippen LogP contribution in [0.2, 0.25) is 18.6 Å². The van der Waals surface area contributed by atoms with Crippen molar-refractivity contribution in [2.45, 2.75) is 52.2 Å². The van der Waals surface area contributed by atoms with Gasteiger partial charge in [-0.3, -0.25) is 0 Å². The van der Waals surface area contributed by atoms with E-state index >= 15 is 0 Å². The number of esters is 2. The van der Waals surface area contributed by atoms with E-state index < -0.39 is 23.3 Å². The standard InChI is InChI=1S/C12H24O5Si.C9H18O4Si/c1-5-12(13)14-10-9-11-18(15-6-2,16-7-3)17-8-4;1-5-9(10)13-7-6-8-14(4,11-2)12-3/h5H,1,6-11H2,2-4H3;5H,1,6-8H2,2-4H3. The van der Waals surface area contributed by atoms with Gasteiger partial charge in [0.05, 0.1) is 13.2 Å². The van der Waals surface area contributed by atoms with Crippen LogP contribution in [0.5, 0.6) is 0 Å². The fraction of sp³-hybridized carbons (Fsp3) is 0.714. The van der Waals surface area contributed by atoms with E-state index in [1.807, 2.05) is 27.3 Å². The highest BCUT2D eigenvalue weighted by Crippen LogP contribution is 2.18. The van der Waals surface area contributed by atoms with Crippen molar-refractivity contribution in [3.8, 4) is 0 Å². The lowest BCUT2D eigenvalue weighted by molar-refractivity contribution is -0.138. The number of hydrogen-bond acceptors (Lipinski definition) is 9. The zero-order valence-corrected chi connectivity index (χ0v) is 22.6. The number of hydrogen-bond donors (Lipinski definition) is 0. The average Bonchev–Trinajstić information content (AvgIpc) is 2.80. The second-order valence-electron chi connectivity index (χ2n) is 6.47. The van der Waals surface area contributed by atoms with Gasteiger partial charge >= 0.3 is 29.3 Å². The van der Waals surface area contributed by atoms with Crippen LogP contribution in [0.4, 0.5) is 0 Å². The van der Waals surface area contributed by atoms with Crippen molar-refractivity contribution >= 4 is 29.3 Å². The molecule has 0 rings (SSSR count). The third-order valence-electron chi connectivity index (χ3n) is 4.18. The van der Waals surface area contributed by atoms with E-state index in [0.29, 0.717) is 45.5 Å². The van der Waals surface area contributed by atoms with Crippen LogP contribution in [0, 0.1) is 0 Å². The number of carbonyl (C=O) groups excluding carboxylic acids is 2. The van der Waals surface area contributed by atoms with Crippen LogP contribution in [-0.4, -0.2) is 76.6 Å². The topological polar surface area (TPSA) is 98.8 Å². The maximum atomic E-state index is 10.9. The summed E-state index contributed by atoms with van der Waals surface area (Å²) in [6.45, 7) is 16.7. The van der Waals surface area contributed by atoms with E-state index in [1.165, 1.54) is 0 Å². The van der Waals surface area contributed by atoms with Crippen LogP contribution in [0.3, 0.4) is 0 Å². The van der Waals surface area contributed by atoms with Gasteiger partial charge < -0.3 is 31.6 Å². The van der Waals surface area contributed by atoms with Crippen LogP contribution in [0.25, 0.3) is 0 Å². The highest BCUT2D eigenvalue weighted by Gasteiger charge is 2.39. The molecule has 11 heteroatoms. The Morgan fingerprint density at radius 2 is 1.12 bits per heavy atom. The minimum absolute atomic E-state index is 0.326. The summed E-state index contributed by atoms with van der Waals surface area (Å²) in [5.41, 5.74) is 0. The predicted octanol–water partition coefficient (Wildman–Crippen LogP) is 3.62. The van der Waals surface area contributed by atoms with Gasteiger partial charge in [0, 0.05) is 52.2 Å². The monoisotopic (exact) mass is 494 g/mol. The summed E-state index contributed by atoms with van der Waals surface area (Å²) in [4.78, 5) is 21.6. The Hall–Kier alpha value is -1.35. The Kier molecular flexibility index (Phi) is 20.8. The Bertz CT molecular complexity index is 508. The molecule has 0 N–H and O–H groups in total. The lowest BCUT2D eigenvalue weighted by Gasteiger charge is -2.28. The molecule has 0 bridgehead atoms. The Morgan fingerprint density at radius 1 is 0.750 bits per heavy atom. The van der Waals surface area contributed by atoms with Gasteiger partial charge in [-0.25, -0.2) is 9.59 Å². The molecule has 0 aromatic heterocycles. The van der Waals surface area contributed by atoms with Gasteiger partial charge in [-0.15, -0.1) is 0 Å². The first-order valence-corrected chi connectivity index (χ1v) is 15.3. The number of ether oxygens (including phenoxy) is 2. The zero-order chi connectivity index (χ0) is 24.9. The molecule has 0 spiro atoms. The molecule has 0 fully saturated rings. The molecular weight excluding hydrogens is 452 g/mol. The van der Waals surface area contributed by atoms with Crippen LogP contribution in [0.15, 0.2) is 25.3 Å². The summed E-state index contributed by atoms with van der Waals surface area (Å²) >= 11 is 0. The van der Waals surface area contributed by atoms with Crippen molar-refractivity contribution in [1.29, 1.82) is 0 Å². The Labute approximate surface area is 195 Å². The first-order chi connectivity index (χ1) is 15.2. The van der Waals surface area contributed by atoms with Crippen molar-refractivity contribution in [3.05, 3.63) is 25.3 Å². The smallest absolute Gasteiger partial charge is 0.463 e. The zero-order valence-electron chi connectivity index (χ0n) is 20.6. The molecule has 32 heavy (non-hydrogen) atoms. The van der Waals surface area contributed by atoms with E-state index in [9.17, 15) is 9.59 Å². The Morgan fingerprint density at radius 3 is 1.44 bits per heavy atom. The minimum atomic E-state index is -2.59. The first kappa shape index (κ1) is 32.8. The largest absolute Gasteiger partial charge is 0.501 e. The van der Waals surface area contributed by atoms with E-state index in [2.05, 4.69) is 13.2 Å². The summed E-state index contributed by atoms with van der Waals surface area (Å²) in [6.07, 6.45) is 3.72. The molecule has 0 aliphatic heterocycles. The quantitative estimate of drug-likeness (QED) is 0.122.